The molecule has 1 aromatic heterocycles. The van der Waals surface area contributed by atoms with E-state index >= 15 is 0 Å². The number of nitrogens with one attached hydrogen (secondary N) is 2. The number of aromatic nitrogens is 3. The molecular weight excluding hydrogens is 250 g/mol. The maximum atomic E-state index is 11.8. The molecule has 1 amide bonds. The summed E-state index contributed by atoms with van der Waals surface area (Å²) in [4.78, 5) is 26.0. The summed E-state index contributed by atoms with van der Waals surface area (Å²) >= 11 is 0. The minimum Gasteiger partial charge on any atom is -0.313 e. The first-order valence-corrected chi connectivity index (χ1v) is 5.58. The second kappa shape index (κ2) is 5.25. The van der Waals surface area contributed by atoms with E-state index in [1.807, 2.05) is 6.92 Å². The van der Waals surface area contributed by atoms with Crippen LogP contribution in [0.3, 0.4) is 0 Å². The maximum absolute atomic E-state index is 11.8. The van der Waals surface area contributed by atoms with Gasteiger partial charge in [0.2, 0.25) is 5.82 Å². The summed E-state index contributed by atoms with van der Waals surface area (Å²) in [6, 6.07) is 5.88. The van der Waals surface area contributed by atoms with Gasteiger partial charge in [0.05, 0.1) is 4.92 Å². The standard InChI is InChI=1S/C11H11N5O3/c1-2-9-13-10(15-14-9)11(17)12-7-5-3-4-6-8(7)16(18)19/h3-6H,2H2,1H3,(H,12,17)(H,13,14,15). The van der Waals surface area contributed by atoms with E-state index in [1.165, 1.54) is 18.2 Å². The number of benzene rings is 1. The highest BCUT2D eigenvalue weighted by molar-refractivity contribution is 6.02. The fraction of sp³-hybridized carbons (Fsp3) is 0.182. The minimum atomic E-state index is -0.592. The first-order valence-electron chi connectivity index (χ1n) is 5.58. The number of aromatic amines is 1. The lowest BCUT2D eigenvalue weighted by molar-refractivity contribution is -0.383. The quantitative estimate of drug-likeness (QED) is 0.639. The molecule has 0 aliphatic carbocycles. The fourth-order valence-electron chi connectivity index (χ4n) is 1.47. The number of nitro groups is 1. The van der Waals surface area contributed by atoms with Crippen LogP contribution in [0.4, 0.5) is 11.4 Å². The highest BCUT2D eigenvalue weighted by Crippen LogP contribution is 2.23. The van der Waals surface area contributed by atoms with Gasteiger partial charge in [0.1, 0.15) is 11.5 Å². The zero-order valence-electron chi connectivity index (χ0n) is 10.1. The number of anilines is 1. The first-order chi connectivity index (χ1) is 9.11. The molecule has 1 heterocycles. The molecule has 0 bridgehead atoms. The van der Waals surface area contributed by atoms with Gasteiger partial charge in [-0.3, -0.25) is 20.0 Å². The molecule has 0 aliphatic heterocycles. The summed E-state index contributed by atoms with van der Waals surface area (Å²) in [5.41, 5.74) is -0.0672. The van der Waals surface area contributed by atoms with Gasteiger partial charge in [0.15, 0.2) is 0 Å². The number of nitro benzene ring substituents is 1. The summed E-state index contributed by atoms with van der Waals surface area (Å²) in [6.07, 6.45) is 0.617. The number of carbonyl (C=O) groups is 1. The summed E-state index contributed by atoms with van der Waals surface area (Å²) in [5, 5.41) is 19.6. The molecule has 0 spiro atoms. The molecular formula is C11H11N5O3. The second-order valence-electron chi connectivity index (χ2n) is 3.69. The topological polar surface area (TPSA) is 114 Å². The van der Waals surface area contributed by atoms with Crippen molar-refractivity contribution in [2.45, 2.75) is 13.3 Å². The van der Waals surface area contributed by atoms with E-state index in [0.717, 1.165) is 0 Å². The van der Waals surface area contributed by atoms with Crippen molar-refractivity contribution >= 4 is 17.3 Å². The lowest BCUT2D eigenvalue weighted by Gasteiger charge is -2.02. The van der Waals surface area contributed by atoms with Crippen molar-refractivity contribution in [2.75, 3.05) is 5.32 Å². The fourth-order valence-corrected chi connectivity index (χ4v) is 1.47. The van der Waals surface area contributed by atoms with E-state index in [-0.39, 0.29) is 17.2 Å². The predicted octanol–water partition coefficient (Wildman–Crippen LogP) is 1.53. The summed E-state index contributed by atoms with van der Waals surface area (Å²) < 4.78 is 0. The second-order valence-corrected chi connectivity index (χ2v) is 3.69. The lowest BCUT2D eigenvalue weighted by Crippen LogP contribution is -2.14. The Bertz CT molecular complexity index is 622. The monoisotopic (exact) mass is 261 g/mol. The Morgan fingerprint density at radius 3 is 2.84 bits per heavy atom. The van der Waals surface area contributed by atoms with Gasteiger partial charge in [-0.1, -0.05) is 19.1 Å². The minimum absolute atomic E-state index is 0.0463. The van der Waals surface area contributed by atoms with Crippen molar-refractivity contribution in [3.63, 3.8) is 0 Å². The third kappa shape index (κ3) is 2.73. The van der Waals surface area contributed by atoms with Gasteiger partial charge in [-0.25, -0.2) is 4.98 Å². The molecule has 2 N–H and O–H groups in total. The molecule has 2 aromatic rings. The SMILES string of the molecule is CCc1nc(C(=O)Nc2ccccc2[N+](=O)[O-])n[nH]1. The van der Waals surface area contributed by atoms with Crippen molar-refractivity contribution in [3.8, 4) is 0 Å². The highest BCUT2D eigenvalue weighted by atomic mass is 16.6. The number of rotatable bonds is 4. The summed E-state index contributed by atoms with van der Waals surface area (Å²) in [5.74, 6) is -0.0621. The van der Waals surface area contributed by atoms with E-state index in [4.69, 9.17) is 0 Å². The Kier molecular flexibility index (Phi) is 3.51. The largest absolute Gasteiger partial charge is 0.313 e. The molecule has 8 nitrogen and oxygen atoms in total. The van der Waals surface area contributed by atoms with E-state index < -0.39 is 10.8 Å². The van der Waals surface area contributed by atoms with Crippen molar-refractivity contribution in [2.24, 2.45) is 0 Å². The Balaban J connectivity index is 2.21. The van der Waals surface area contributed by atoms with Crippen molar-refractivity contribution < 1.29 is 9.72 Å². The lowest BCUT2D eigenvalue weighted by atomic mass is 10.2. The third-order valence-corrected chi connectivity index (χ3v) is 2.42. The Labute approximate surface area is 108 Å². The smallest absolute Gasteiger partial charge is 0.295 e. The van der Waals surface area contributed by atoms with E-state index in [2.05, 4.69) is 20.5 Å². The summed E-state index contributed by atoms with van der Waals surface area (Å²) in [6.45, 7) is 1.87. The van der Waals surface area contributed by atoms with Gasteiger partial charge in [0, 0.05) is 12.5 Å². The zero-order chi connectivity index (χ0) is 13.8. The molecule has 0 unspecified atom stereocenters. The number of aryl methyl sites for hydroxylation is 1. The highest BCUT2D eigenvalue weighted by Gasteiger charge is 2.18. The Morgan fingerprint density at radius 2 is 2.21 bits per heavy atom. The van der Waals surface area contributed by atoms with Crippen LogP contribution < -0.4 is 5.32 Å². The Morgan fingerprint density at radius 1 is 1.47 bits per heavy atom. The molecule has 0 radical (unpaired) electrons. The molecule has 0 atom stereocenters. The predicted molar refractivity (Wildman–Crippen MR) is 66.8 cm³/mol. The number of nitrogens with zero attached hydrogens (tertiary/aromatic N) is 3. The van der Waals surface area contributed by atoms with E-state index in [1.54, 1.807) is 6.07 Å². The van der Waals surface area contributed by atoms with Crippen LogP contribution in [0.5, 0.6) is 0 Å². The number of carbonyl (C=O) groups excluding carboxylic acids is 1. The zero-order valence-corrected chi connectivity index (χ0v) is 10.1. The Hall–Kier alpha value is -2.77. The molecule has 19 heavy (non-hydrogen) atoms. The average Bonchev–Trinajstić information content (AvgIpc) is 2.88. The van der Waals surface area contributed by atoms with Crippen LogP contribution in [0.15, 0.2) is 24.3 Å². The number of hydrogen-bond acceptors (Lipinski definition) is 5. The molecule has 0 fully saturated rings. The van der Waals surface area contributed by atoms with Crippen LogP contribution in [-0.4, -0.2) is 26.0 Å². The number of hydrogen-bond donors (Lipinski definition) is 2. The number of para-hydroxylation sites is 2. The normalized spacial score (nSPS) is 10.2. The molecule has 2 rings (SSSR count). The molecule has 0 saturated heterocycles. The van der Waals surface area contributed by atoms with Gasteiger partial charge >= 0.3 is 0 Å². The van der Waals surface area contributed by atoms with Crippen molar-refractivity contribution in [1.29, 1.82) is 0 Å². The van der Waals surface area contributed by atoms with Gasteiger partial charge in [-0.2, -0.15) is 0 Å². The van der Waals surface area contributed by atoms with E-state index in [9.17, 15) is 14.9 Å². The molecule has 1 aromatic carbocycles. The van der Waals surface area contributed by atoms with Gasteiger partial charge in [-0.05, 0) is 6.07 Å². The van der Waals surface area contributed by atoms with Gasteiger partial charge in [-0.15, -0.1) is 5.10 Å². The first kappa shape index (κ1) is 12.7. The van der Waals surface area contributed by atoms with Crippen molar-refractivity contribution in [3.05, 3.63) is 46.0 Å². The van der Waals surface area contributed by atoms with Gasteiger partial charge in [0.25, 0.3) is 11.6 Å². The summed E-state index contributed by atoms with van der Waals surface area (Å²) in [7, 11) is 0. The van der Waals surface area contributed by atoms with Gasteiger partial charge < -0.3 is 5.32 Å². The molecule has 98 valence electrons. The van der Waals surface area contributed by atoms with Crippen LogP contribution in [0.2, 0.25) is 0 Å². The van der Waals surface area contributed by atoms with Crippen LogP contribution in [-0.2, 0) is 6.42 Å². The van der Waals surface area contributed by atoms with Crippen LogP contribution in [0.25, 0.3) is 0 Å². The van der Waals surface area contributed by atoms with E-state index in [0.29, 0.717) is 12.2 Å². The van der Waals surface area contributed by atoms with Crippen molar-refractivity contribution in [1.82, 2.24) is 15.2 Å². The number of amides is 1. The van der Waals surface area contributed by atoms with Crippen LogP contribution in [0.1, 0.15) is 23.4 Å². The maximum Gasteiger partial charge on any atom is 0.295 e. The number of H-pyrrole nitrogens is 1. The molecule has 0 saturated carbocycles. The third-order valence-electron chi connectivity index (χ3n) is 2.42. The van der Waals surface area contributed by atoms with Crippen LogP contribution in [0, 0.1) is 10.1 Å². The molecule has 0 aliphatic rings. The van der Waals surface area contributed by atoms with Crippen LogP contribution >= 0.6 is 0 Å². The average molecular weight is 261 g/mol. The molecule has 8 heteroatoms.